The fourth-order valence-corrected chi connectivity index (χ4v) is 3.69. The van der Waals surface area contributed by atoms with Gasteiger partial charge in [0.15, 0.2) is 9.84 Å². The van der Waals surface area contributed by atoms with Crippen molar-refractivity contribution in [3.8, 4) is 0 Å². The van der Waals surface area contributed by atoms with Crippen molar-refractivity contribution >= 4 is 36.0 Å². The van der Waals surface area contributed by atoms with Crippen LogP contribution in [0.15, 0.2) is 29.2 Å². The van der Waals surface area contributed by atoms with Crippen LogP contribution in [0.3, 0.4) is 0 Å². The number of rotatable bonds is 11. The van der Waals surface area contributed by atoms with Gasteiger partial charge in [0, 0.05) is 0 Å². The van der Waals surface area contributed by atoms with E-state index in [0.717, 1.165) is 6.07 Å². The average Bonchev–Trinajstić information content (AvgIpc) is 2.49. The minimum absolute atomic E-state index is 0.0494. The van der Waals surface area contributed by atoms with E-state index >= 15 is 0 Å². The zero-order valence-electron chi connectivity index (χ0n) is 13.4. The van der Waals surface area contributed by atoms with Crippen molar-refractivity contribution in [2.45, 2.75) is 17.4 Å². The summed E-state index contributed by atoms with van der Waals surface area (Å²) in [6, 6.07) is 4.98. The fourth-order valence-electron chi connectivity index (χ4n) is 1.62. The Bertz CT molecular complexity index is 911. The molecule has 4 N–H and O–H groups in total. The summed E-state index contributed by atoms with van der Waals surface area (Å²) in [5.74, 6) is -0.734. The van der Waals surface area contributed by atoms with Crippen molar-refractivity contribution in [2.24, 2.45) is 0 Å². The van der Waals surface area contributed by atoms with Crippen LogP contribution < -0.4 is 10.8 Å². The van der Waals surface area contributed by atoms with Crippen LogP contribution in [0, 0.1) is 0 Å². The first kappa shape index (κ1) is 22.7. The molecule has 0 saturated carbocycles. The number of hydrogen-bond acceptors (Lipinski definition) is 10. The number of sulfone groups is 1. The second-order valence-electron chi connectivity index (χ2n) is 4.72. The van der Waals surface area contributed by atoms with Gasteiger partial charge in [-0.3, -0.25) is 19.9 Å². The number of nitrogens with one attached hydrogen (secondary N) is 2. The van der Waals surface area contributed by atoms with Crippen LogP contribution in [0.25, 0.3) is 0 Å². The largest absolute Gasteiger partial charge is 0.397 e. The minimum Gasteiger partial charge on any atom is -0.282 e. The first-order valence-electron chi connectivity index (χ1n) is 6.91. The summed E-state index contributed by atoms with van der Waals surface area (Å²) in [6.45, 7) is 0.943. The zero-order valence-corrected chi connectivity index (χ0v) is 15.8. The molecule has 0 aliphatic carbocycles. The predicted octanol–water partition coefficient (Wildman–Crippen LogP) is -0.596. The third-order valence-corrected chi connectivity index (χ3v) is 5.65. The molecule has 26 heavy (non-hydrogen) atoms. The molecular weight excluding hydrogens is 416 g/mol. The highest BCUT2D eigenvalue weighted by Crippen LogP contribution is 2.17. The van der Waals surface area contributed by atoms with Crippen molar-refractivity contribution in [1.29, 1.82) is 0 Å². The minimum atomic E-state index is -4.76. The van der Waals surface area contributed by atoms with Crippen molar-refractivity contribution in [3.05, 3.63) is 24.3 Å². The van der Waals surface area contributed by atoms with E-state index in [-0.39, 0.29) is 17.1 Å². The molecule has 12 nitrogen and oxygen atoms in total. The highest BCUT2D eigenvalue weighted by Gasteiger charge is 2.23. The lowest BCUT2D eigenvalue weighted by Gasteiger charge is -2.16. The van der Waals surface area contributed by atoms with Crippen LogP contribution in [0.4, 0.5) is 5.69 Å². The maximum atomic E-state index is 12.1. The monoisotopic (exact) mass is 434 g/mol. The summed E-state index contributed by atoms with van der Waals surface area (Å²) in [7, 11) is -13.3. The second-order valence-corrected chi connectivity index (χ2v) is 9.38. The Balaban J connectivity index is 2.84. The fraction of sp³-hybridized carbons (Fsp3) is 0.455. The van der Waals surface area contributed by atoms with Crippen LogP contribution >= 0.6 is 0 Å². The molecule has 15 heteroatoms. The van der Waals surface area contributed by atoms with Crippen LogP contribution in [-0.2, 0) is 39.4 Å². The van der Waals surface area contributed by atoms with Gasteiger partial charge in [-0.05, 0) is 24.7 Å². The van der Waals surface area contributed by atoms with Gasteiger partial charge in [-0.15, -0.1) is 0 Å². The Labute approximate surface area is 151 Å². The van der Waals surface area contributed by atoms with Gasteiger partial charge in [-0.1, -0.05) is 13.0 Å². The van der Waals surface area contributed by atoms with Gasteiger partial charge in [-0.25, -0.2) is 17.4 Å². The molecule has 0 aliphatic heterocycles. The smallest absolute Gasteiger partial charge is 0.282 e. The van der Waals surface area contributed by atoms with Crippen molar-refractivity contribution < 1.29 is 43.4 Å². The Morgan fingerprint density at radius 3 is 2.31 bits per heavy atom. The first-order chi connectivity index (χ1) is 11.8. The van der Waals surface area contributed by atoms with Crippen molar-refractivity contribution in [2.75, 3.05) is 24.4 Å². The van der Waals surface area contributed by atoms with Crippen LogP contribution in [-0.4, -0.2) is 58.8 Å². The molecule has 0 aromatic heterocycles. The van der Waals surface area contributed by atoms with E-state index in [9.17, 15) is 25.3 Å². The van der Waals surface area contributed by atoms with E-state index in [1.165, 1.54) is 18.2 Å². The molecule has 1 rings (SSSR count). The summed E-state index contributed by atoms with van der Waals surface area (Å²) in [5, 5.41) is 2.34. The third kappa shape index (κ3) is 7.92. The molecule has 1 unspecified atom stereocenters. The molecule has 1 aromatic carbocycles. The van der Waals surface area contributed by atoms with Crippen LogP contribution in [0.5, 0.6) is 0 Å². The van der Waals surface area contributed by atoms with Gasteiger partial charge < -0.3 is 0 Å². The summed E-state index contributed by atoms with van der Waals surface area (Å²) in [6.07, 6.45) is 0. The highest BCUT2D eigenvalue weighted by molar-refractivity contribution is 7.91. The molecule has 0 bridgehead atoms. The third-order valence-electron chi connectivity index (χ3n) is 2.70. The number of hydrogen-bond donors (Lipinski definition) is 4. The van der Waals surface area contributed by atoms with Crippen molar-refractivity contribution in [3.63, 3.8) is 0 Å². The predicted molar refractivity (Wildman–Crippen MR) is 89.7 cm³/mol. The molecule has 0 radical (unpaired) electrons. The lowest BCUT2D eigenvalue weighted by atomic mass is 10.3. The van der Waals surface area contributed by atoms with Gasteiger partial charge in [0.1, 0.15) is 0 Å². The van der Waals surface area contributed by atoms with Gasteiger partial charge in [0.25, 0.3) is 5.56 Å². The molecule has 0 aliphatic rings. The van der Waals surface area contributed by atoms with Crippen molar-refractivity contribution in [1.82, 2.24) is 5.32 Å². The van der Waals surface area contributed by atoms with E-state index in [2.05, 4.69) is 15.0 Å². The quantitative estimate of drug-likeness (QED) is 0.197. The normalized spacial score (nSPS) is 14.1. The standard InChI is InChI=1S/C11H18N2O10S3/c1-2-12-11(25(16,17)18)23-13-9-4-3-5-10(8-9)24(14,15)7-6-22-26(19,20)21/h3-5,8,11-13H,2,6-7H2,1H3,(H,16,17,18)(H,19,20,21). The summed E-state index contributed by atoms with van der Waals surface area (Å²) in [4.78, 5) is 4.56. The maximum Gasteiger partial charge on any atom is 0.397 e. The topological polar surface area (TPSA) is 185 Å². The SMILES string of the molecule is CCNC(ONc1cccc(S(=O)(=O)CCOS(=O)(=O)O)c1)S(=O)(=O)O. The zero-order chi connectivity index (χ0) is 20.0. The summed E-state index contributed by atoms with van der Waals surface area (Å²) in [5.41, 5.74) is 0.464. The second kappa shape index (κ2) is 9.05. The molecule has 0 spiro atoms. The van der Waals surface area contributed by atoms with E-state index in [1.807, 2.05) is 0 Å². The van der Waals surface area contributed by atoms with E-state index < -0.39 is 48.3 Å². The molecule has 150 valence electrons. The van der Waals surface area contributed by atoms with E-state index in [4.69, 9.17) is 13.9 Å². The van der Waals surface area contributed by atoms with Gasteiger partial charge in [0.05, 0.1) is 22.9 Å². The van der Waals surface area contributed by atoms with E-state index in [0.29, 0.717) is 0 Å². The molecule has 0 amide bonds. The lowest BCUT2D eigenvalue weighted by Crippen LogP contribution is -2.40. The highest BCUT2D eigenvalue weighted by atomic mass is 32.3. The molecule has 0 fully saturated rings. The van der Waals surface area contributed by atoms with E-state index in [1.54, 1.807) is 6.92 Å². The Hall–Kier alpha value is -1.33. The van der Waals surface area contributed by atoms with Crippen LogP contribution in [0.2, 0.25) is 0 Å². The Morgan fingerprint density at radius 2 is 1.77 bits per heavy atom. The summed E-state index contributed by atoms with van der Waals surface area (Å²) >= 11 is 0. The molecule has 0 heterocycles. The Kier molecular flexibility index (Phi) is 7.90. The first-order valence-corrected chi connectivity index (χ1v) is 11.4. The maximum absolute atomic E-state index is 12.1. The Morgan fingerprint density at radius 1 is 1.12 bits per heavy atom. The number of benzene rings is 1. The average molecular weight is 434 g/mol. The van der Waals surface area contributed by atoms with Gasteiger partial charge in [-0.2, -0.15) is 16.8 Å². The van der Waals surface area contributed by atoms with Gasteiger partial charge >= 0.3 is 20.5 Å². The number of anilines is 1. The summed E-state index contributed by atoms with van der Waals surface area (Å²) < 4.78 is 88.7. The van der Waals surface area contributed by atoms with Crippen LogP contribution in [0.1, 0.15) is 6.92 Å². The van der Waals surface area contributed by atoms with Gasteiger partial charge in [0.2, 0.25) is 0 Å². The molecule has 1 aromatic rings. The molecule has 0 saturated heterocycles. The molecule has 1 atom stereocenters. The lowest BCUT2D eigenvalue weighted by molar-refractivity contribution is 0.126. The molecular formula is C11H18N2O10S3.